The quantitative estimate of drug-likeness (QED) is 0.779. The van der Waals surface area contributed by atoms with Crippen LogP contribution in [0.4, 0.5) is 4.39 Å². The highest BCUT2D eigenvalue weighted by Crippen LogP contribution is 2.43. The maximum absolute atomic E-state index is 14.3. The second-order valence-corrected chi connectivity index (χ2v) is 8.03. The highest BCUT2D eigenvalue weighted by Gasteiger charge is 2.41. The van der Waals surface area contributed by atoms with Gasteiger partial charge in [0.1, 0.15) is 5.83 Å². The van der Waals surface area contributed by atoms with Gasteiger partial charge in [-0.15, -0.1) is 11.3 Å². The van der Waals surface area contributed by atoms with Gasteiger partial charge in [0, 0.05) is 17.5 Å². The summed E-state index contributed by atoms with van der Waals surface area (Å²) < 4.78 is 20.1. The zero-order chi connectivity index (χ0) is 18.3. The van der Waals surface area contributed by atoms with E-state index in [0.717, 1.165) is 3.79 Å². The molecule has 2 heterocycles. The number of halogens is 2. The number of nitrogens with zero attached hydrogens (tertiary/aromatic N) is 1. The molecule has 1 amide bonds. The normalized spacial score (nSPS) is 19.9. The van der Waals surface area contributed by atoms with E-state index in [2.05, 4.69) is 15.9 Å². The number of amides is 1. The van der Waals surface area contributed by atoms with Crippen LogP contribution >= 0.6 is 27.3 Å². The summed E-state index contributed by atoms with van der Waals surface area (Å²) in [6.07, 6.45) is 1.23. The molecule has 1 aliphatic carbocycles. The van der Waals surface area contributed by atoms with Gasteiger partial charge in [0.15, 0.2) is 5.76 Å². The van der Waals surface area contributed by atoms with Gasteiger partial charge >= 0.3 is 5.97 Å². The zero-order valence-electron chi connectivity index (χ0n) is 13.5. The number of carboxylic acids is 1. The smallest absolute Gasteiger partial charge is 0.307 e. The topological polar surface area (TPSA) is 66.8 Å². The predicted octanol–water partition coefficient (Wildman–Crippen LogP) is 4.24. The Bertz CT molecular complexity index is 855. The lowest BCUT2D eigenvalue weighted by atomic mass is 9.92. The average molecular weight is 428 g/mol. The van der Waals surface area contributed by atoms with Gasteiger partial charge in [0.2, 0.25) is 0 Å². The first-order chi connectivity index (χ1) is 11.8. The third kappa shape index (κ3) is 3.16. The van der Waals surface area contributed by atoms with Crippen LogP contribution < -0.4 is 0 Å². The number of allylic oxidation sites excluding steroid dienone is 2. The summed E-state index contributed by atoms with van der Waals surface area (Å²) in [6, 6.07) is 1.15. The highest BCUT2D eigenvalue weighted by atomic mass is 79.9. The second kappa shape index (κ2) is 6.76. The zero-order valence-corrected chi connectivity index (χ0v) is 15.9. The van der Waals surface area contributed by atoms with Crippen molar-refractivity contribution in [3.05, 3.63) is 55.3 Å². The van der Waals surface area contributed by atoms with Gasteiger partial charge < -0.3 is 14.7 Å². The van der Waals surface area contributed by atoms with E-state index in [0.29, 0.717) is 22.4 Å². The molecule has 2 aliphatic rings. The van der Waals surface area contributed by atoms with E-state index >= 15 is 0 Å². The van der Waals surface area contributed by atoms with Gasteiger partial charge in [-0.25, -0.2) is 4.39 Å². The molecule has 0 fully saturated rings. The van der Waals surface area contributed by atoms with Crippen LogP contribution in [0.2, 0.25) is 0 Å². The standard InChI is InChI=1S/C17H15BrFNO4S/c1-8-10(5-16(21)22)11-4-14(24-2)12(19)6-13(11)20(8)17(23)9-3-15(18)25-7-9/h3-4,7,13H,5-6H2,1-2H3,(H,21,22). The molecule has 0 aromatic carbocycles. The van der Waals surface area contributed by atoms with E-state index in [9.17, 15) is 19.1 Å². The van der Waals surface area contributed by atoms with Gasteiger partial charge in [-0.05, 0) is 46.1 Å². The minimum atomic E-state index is -1.00. The van der Waals surface area contributed by atoms with Crippen molar-refractivity contribution < 1.29 is 23.8 Å². The van der Waals surface area contributed by atoms with Crippen molar-refractivity contribution >= 4 is 39.1 Å². The van der Waals surface area contributed by atoms with Crippen LogP contribution in [0.25, 0.3) is 0 Å². The molecule has 25 heavy (non-hydrogen) atoms. The molecule has 0 saturated heterocycles. The fourth-order valence-electron chi connectivity index (χ4n) is 3.21. The molecule has 5 nitrogen and oxygen atoms in total. The van der Waals surface area contributed by atoms with Crippen molar-refractivity contribution in [1.29, 1.82) is 0 Å². The molecule has 1 unspecified atom stereocenters. The molecule has 1 aromatic rings. The van der Waals surface area contributed by atoms with Crippen LogP contribution in [0.3, 0.4) is 0 Å². The molecular weight excluding hydrogens is 413 g/mol. The van der Waals surface area contributed by atoms with Crippen molar-refractivity contribution in [1.82, 2.24) is 4.90 Å². The fourth-order valence-corrected chi connectivity index (χ4v) is 4.34. The number of carboxylic acid groups (broad SMARTS) is 1. The number of carbonyl (C=O) groups excluding carboxylic acids is 1. The van der Waals surface area contributed by atoms with Crippen molar-refractivity contribution in [2.75, 3.05) is 7.11 Å². The van der Waals surface area contributed by atoms with Crippen LogP contribution in [-0.2, 0) is 9.53 Å². The summed E-state index contributed by atoms with van der Waals surface area (Å²) >= 11 is 4.71. The lowest BCUT2D eigenvalue weighted by Gasteiger charge is -2.29. The van der Waals surface area contributed by atoms with Crippen molar-refractivity contribution in [3.8, 4) is 0 Å². The Labute approximate surface area is 156 Å². The second-order valence-electron chi connectivity index (χ2n) is 5.74. The Morgan fingerprint density at radius 2 is 2.24 bits per heavy atom. The third-order valence-corrected chi connectivity index (χ3v) is 5.83. The van der Waals surface area contributed by atoms with E-state index < -0.39 is 17.8 Å². The number of carbonyl (C=O) groups is 2. The molecule has 1 aliphatic heterocycles. The first kappa shape index (κ1) is 17.9. The molecule has 1 atom stereocenters. The molecule has 1 aromatic heterocycles. The van der Waals surface area contributed by atoms with Gasteiger partial charge in [0.05, 0.1) is 28.9 Å². The van der Waals surface area contributed by atoms with E-state index in [1.54, 1.807) is 18.4 Å². The SMILES string of the molecule is COC1=C(F)CC2C(=C1)C(CC(=O)O)=C(C)N2C(=O)c1csc(Br)c1. The van der Waals surface area contributed by atoms with Crippen LogP contribution in [0.15, 0.2) is 49.7 Å². The molecule has 132 valence electrons. The monoisotopic (exact) mass is 427 g/mol. The number of aliphatic carboxylic acids is 1. The maximum atomic E-state index is 14.3. The summed E-state index contributed by atoms with van der Waals surface area (Å²) in [5, 5.41) is 10.9. The third-order valence-electron chi connectivity index (χ3n) is 4.32. The van der Waals surface area contributed by atoms with Crippen LogP contribution in [-0.4, -0.2) is 35.0 Å². The highest BCUT2D eigenvalue weighted by molar-refractivity contribution is 9.11. The van der Waals surface area contributed by atoms with E-state index in [4.69, 9.17) is 4.74 Å². The number of ether oxygens (including phenoxy) is 1. The number of rotatable bonds is 4. The molecular formula is C17H15BrFNO4S. The fraction of sp³-hybridized carbons (Fsp3) is 0.294. The number of hydrogen-bond donors (Lipinski definition) is 1. The average Bonchev–Trinajstić information content (AvgIpc) is 3.08. The maximum Gasteiger partial charge on any atom is 0.307 e. The number of hydrogen-bond acceptors (Lipinski definition) is 4. The molecule has 1 N–H and O–H groups in total. The minimum absolute atomic E-state index is 0.0352. The van der Waals surface area contributed by atoms with E-state index in [1.165, 1.54) is 29.4 Å². The van der Waals surface area contributed by atoms with Crippen LogP contribution in [0.1, 0.15) is 30.1 Å². The summed E-state index contributed by atoms with van der Waals surface area (Å²) in [6.45, 7) is 1.70. The Morgan fingerprint density at radius 3 is 2.80 bits per heavy atom. The number of methoxy groups -OCH3 is 1. The summed E-state index contributed by atoms with van der Waals surface area (Å²) in [4.78, 5) is 25.7. The van der Waals surface area contributed by atoms with Crippen LogP contribution in [0, 0.1) is 0 Å². The molecule has 0 spiro atoms. The Kier molecular flexibility index (Phi) is 4.83. The minimum Gasteiger partial charge on any atom is -0.494 e. The Hall–Kier alpha value is -1.93. The number of fused-ring (bicyclic) bond motifs is 1. The Balaban J connectivity index is 2.06. The Morgan fingerprint density at radius 1 is 1.52 bits per heavy atom. The first-order valence-electron chi connectivity index (χ1n) is 7.47. The van der Waals surface area contributed by atoms with Crippen LogP contribution in [0.5, 0.6) is 0 Å². The summed E-state index contributed by atoms with van der Waals surface area (Å²) in [5.41, 5.74) is 2.17. The van der Waals surface area contributed by atoms with Gasteiger partial charge in [-0.3, -0.25) is 9.59 Å². The van der Waals surface area contributed by atoms with E-state index in [1.807, 2.05) is 0 Å². The van der Waals surface area contributed by atoms with Gasteiger partial charge in [-0.2, -0.15) is 0 Å². The van der Waals surface area contributed by atoms with Gasteiger partial charge in [0.25, 0.3) is 5.91 Å². The molecule has 3 rings (SSSR count). The predicted molar refractivity (Wildman–Crippen MR) is 94.8 cm³/mol. The van der Waals surface area contributed by atoms with Crippen molar-refractivity contribution in [2.24, 2.45) is 0 Å². The molecule has 0 radical (unpaired) electrons. The first-order valence-corrected chi connectivity index (χ1v) is 9.14. The molecule has 8 heteroatoms. The van der Waals surface area contributed by atoms with E-state index in [-0.39, 0.29) is 24.5 Å². The van der Waals surface area contributed by atoms with Crippen molar-refractivity contribution in [3.63, 3.8) is 0 Å². The summed E-state index contributed by atoms with van der Waals surface area (Å²) in [7, 11) is 1.36. The largest absolute Gasteiger partial charge is 0.494 e. The lowest BCUT2D eigenvalue weighted by molar-refractivity contribution is -0.136. The molecule has 0 saturated carbocycles. The van der Waals surface area contributed by atoms with Crippen molar-refractivity contribution in [2.45, 2.75) is 25.8 Å². The lowest BCUT2D eigenvalue weighted by Crippen LogP contribution is -2.37. The van der Waals surface area contributed by atoms with Gasteiger partial charge in [-0.1, -0.05) is 0 Å². The summed E-state index contributed by atoms with van der Waals surface area (Å²) in [5.74, 6) is -1.65. The number of thiophene rings is 1. The molecule has 0 bridgehead atoms.